The van der Waals surface area contributed by atoms with E-state index in [2.05, 4.69) is 43.5 Å². The van der Waals surface area contributed by atoms with Gasteiger partial charge in [0.15, 0.2) is 12.6 Å². The minimum Gasteiger partial charge on any atom is -0.394 e. The summed E-state index contributed by atoms with van der Waals surface area (Å²) in [5.41, 5.74) is 0. The van der Waals surface area contributed by atoms with Crippen molar-refractivity contribution in [3.8, 4) is 0 Å². The van der Waals surface area contributed by atoms with Crippen LogP contribution in [0.25, 0.3) is 0 Å². The number of carbonyl (C=O) groups excluding carboxylic acids is 1. The molecule has 2 rings (SSSR count). The van der Waals surface area contributed by atoms with Crippen LogP contribution in [0, 0.1) is 0 Å². The van der Waals surface area contributed by atoms with Gasteiger partial charge in [-0.15, -0.1) is 0 Å². The fraction of sp³-hybridized carbons (Fsp3) is 0.891. The predicted molar refractivity (Wildman–Crippen MR) is 314 cm³/mol. The summed E-state index contributed by atoms with van der Waals surface area (Å²) >= 11 is 0. The van der Waals surface area contributed by atoms with Crippen LogP contribution in [0.15, 0.2) is 36.5 Å². The van der Waals surface area contributed by atoms with Crippen molar-refractivity contribution in [3.05, 3.63) is 36.5 Å². The molecule has 2 aliphatic rings. The van der Waals surface area contributed by atoms with Crippen LogP contribution >= 0.6 is 0 Å². The van der Waals surface area contributed by atoms with Crippen molar-refractivity contribution in [2.24, 2.45) is 0 Å². The molecule has 9 N–H and O–H groups in total. The summed E-state index contributed by atoms with van der Waals surface area (Å²) in [6.07, 6.45) is 45.2. The van der Waals surface area contributed by atoms with E-state index in [1.807, 2.05) is 6.08 Å². The van der Waals surface area contributed by atoms with E-state index in [4.69, 9.17) is 18.9 Å². The van der Waals surface area contributed by atoms with Gasteiger partial charge in [-0.1, -0.05) is 262 Å². The van der Waals surface area contributed by atoms with E-state index in [1.54, 1.807) is 6.08 Å². The Morgan fingerprint density at radius 1 is 0.449 bits per heavy atom. The van der Waals surface area contributed by atoms with Gasteiger partial charge in [0.05, 0.1) is 32.0 Å². The third-order valence-corrected chi connectivity index (χ3v) is 15.8. The molecule has 458 valence electrons. The van der Waals surface area contributed by atoms with Crippen molar-refractivity contribution >= 4 is 5.91 Å². The highest BCUT2D eigenvalue weighted by atomic mass is 16.7. The molecule has 0 aromatic heterocycles. The number of carbonyl (C=O) groups is 1. The predicted octanol–water partition coefficient (Wildman–Crippen LogP) is 11.8. The molecule has 0 saturated carbocycles. The third kappa shape index (κ3) is 34.6. The molecule has 1 amide bonds. The quantitative estimate of drug-likeness (QED) is 0.0204. The molecule has 2 heterocycles. The summed E-state index contributed by atoms with van der Waals surface area (Å²) in [5.74, 6) is -0.250. The van der Waals surface area contributed by atoms with Gasteiger partial charge in [0.1, 0.15) is 48.8 Å². The molecular formula is C64H119NO13. The van der Waals surface area contributed by atoms with Crippen LogP contribution in [-0.2, 0) is 23.7 Å². The van der Waals surface area contributed by atoms with Gasteiger partial charge < -0.3 is 65.1 Å². The van der Waals surface area contributed by atoms with E-state index in [0.29, 0.717) is 12.8 Å². The number of hydrogen-bond acceptors (Lipinski definition) is 13. The van der Waals surface area contributed by atoms with Gasteiger partial charge in [-0.3, -0.25) is 4.79 Å². The van der Waals surface area contributed by atoms with Crippen LogP contribution in [0.3, 0.4) is 0 Å². The van der Waals surface area contributed by atoms with Crippen LogP contribution in [0.5, 0.6) is 0 Å². The Morgan fingerprint density at radius 2 is 0.821 bits per heavy atom. The number of aliphatic hydroxyl groups is 8. The molecule has 2 fully saturated rings. The van der Waals surface area contributed by atoms with Gasteiger partial charge in [0, 0.05) is 6.42 Å². The summed E-state index contributed by atoms with van der Waals surface area (Å²) in [6, 6.07) is -0.935. The lowest BCUT2D eigenvalue weighted by Gasteiger charge is -2.46. The van der Waals surface area contributed by atoms with Crippen molar-refractivity contribution in [2.75, 3.05) is 19.8 Å². The first-order chi connectivity index (χ1) is 38.1. The number of unbranched alkanes of at least 4 members (excludes halogenated alkanes) is 35. The number of rotatable bonds is 52. The van der Waals surface area contributed by atoms with Gasteiger partial charge in [-0.05, 0) is 38.5 Å². The summed E-state index contributed by atoms with van der Waals surface area (Å²) in [7, 11) is 0. The fourth-order valence-corrected chi connectivity index (χ4v) is 10.6. The summed E-state index contributed by atoms with van der Waals surface area (Å²) < 4.78 is 22.7. The van der Waals surface area contributed by atoms with Crippen molar-refractivity contribution in [1.29, 1.82) is 0 Å². The molecule has 0 bridgehead atoms. The van der Waals surface area contributed by atoms with Crippen molar-refractivity contribution in [1.82, 2.24) is 5.32 Å². The molecule has 0 aromatic rings. The van der Waals surface area contributed by atoms with Crippen molar-refractivity contribution in [2.45, 2.75) is 344 Å². The van der Waals surface area contributed by atoms with Crippen LogP contribution < -0.4 is 5.32 Å². The molecule has 0 radical (unpaired) electrons. The highest BCUT2D eigenvalue weighted by Gasteiger charge is 2.51. The first-order valence-corrected chi connectivity index (χ1v) is 32.2. The number of ether oxygens (including phenoxy) is 4. The minimum atomic E-state index is -1.79. The first kappa shape index (κ1) is 72.3. The summed E-state index contributed by atoms with van der Waals surface area (Å²) in [6.45, 7) is 2.74. The van der Waals surface area contributed by atoms with Gasteiger partial charge in [0.25, 0.3) is 0 Å². The highest BCUT2D eigenvalue weighted by molar-refractivity contribution is 5.76. The topological polar surface area (TPSA) is 228 Å². The van der Waals surface area contributed by atoms with Crippen LogP contribution in [0.1, 0.15) is 271 Å². The Labute approximate surface area is 474 Å². The lowest BCUT2D eigenvalue weighted by Crippen LogP contribution is -2.65. The minimum absolute atomic E-state index is 0.250. The average molecular weight is 1110 g/mol. The Balaban J connectivity index is 1.62. The van der Waals surface area contributed by atoms with E-state index >= 15 is 0 Å². The lowest BCUT2D eigenvalue weighted by atomic mass is 9.97. The zero-order chi connectivity index (χ0) is 56.7. The maximum Gasteiger partial charge on any atom is 0.220 e. The second-order valence-electron chi connectivity index (χ2n) is 22.9. The molecule has 0 aromatic carbocycles. The maximum absolute atomic E-state index is 13.2. The summed E-state index contributed by atoms with van der Waals surface area (Å²) in [5, 5.41) is 87.0. The fourth-order valence-electron chi connectivity index (χ4n) is 10.6. The Morgan fingerprint density at radius 3 is 1.24 bits per heavy atom. The average Bonchev–Trinajstić information content (AvgIpc) is 3.45. The Kier molecular flexibility index (Phi) is 46.2. The zero-order valence-corrected chi connectivity index (χ0v) is 49.4. The second kappa shape index (κ2) is 49.8. The van der Waals surface area contributed by atoms with Crippen LogP contribution in [0.2, 0.25) is 0 Å². The third-order valence-electron chi connectivity index (χ3n) is 15.8. The number of aliphatic hydroxyl groups excluding tert-OH is 8. The lowest BCUT2D eigenvalue weighted by molar-refractivity contribution is -0.359. The molecule has 0 aliphatic carbocycles. The number of nitrogens with one attached hydrogen (secondary N) is 1. The Hall–Kier alpha value is -1.79. The van der Waals surface area contributed by atoms with Crippen molar-refractivity contribution in [3.63, 3.8) is 0 Å². The standard InChI is InChI=1S/C64H119NO13/c1-3-5-7-9-11-13-15-17-18-19-20-21-22-23-24-25-26-27-28-29-30-31-32-33-34-35-36-38-40-42-44-46-48-56(69)65-52(53(68)47-45-43-41-39-37-16-14-12-10-8-6-4-2)51-75-63-61(74)59(72)62(55(50-67)77-63)78-64-60(73)58(71)57(70)54(49-66)76-64/h10,12,37,39,45,47,52-55,57-64,66-68,70-74H,3-9,11,13-36,38,40-44,46,48-51H2,1-2H3,(H,65,69)/b12-10+,39-37+,47-45+. The molecule has 12 atom stereocenters. The highest BCUT2D eigenvalue weighted by Crippen LogP contribution is 2.30. The molecule has 2 saturated heterocycles. The smallest absolute Gasteiger partial charge is 0.220 e. The van der Waals surface area contributed by atoms with Gasteiger partial charge in [0.2, 0.25) is 5.91 Å². The van der Waals surface area contributed by atoms with E-state index in [0.717, 1.165) is 44.9 Å². The van der Waals surface area contributed by atoms with Crippen LogP contribution in [-0.4, -0.2) is 140 Å². The summed E-state index contributed by atoms with van der Waals surface area (Å²) in [4.78, 5) is 13.2. The van der Waals surface area contributed by atoms with E-state index in [-0.39, 0.29) is 18.9 Å². The molecule has 78 heavy (non-hydrogen) atoms. The van der Waals surface area contributed by atoms with Gasteiger partial charge in [-0.2, -0.15) is 0 Å². The van der Waals surface area contributed by atoms with E-state index < -0.39 is 86.8 Å². The molecule has 14 heteroatoms. The number of hydrogen-bond donors (Lipinski definition) is 9. The van der Waals surface area contributed by atoms with E-state index in [9.17, 15) is 45.6 Å². The monoisotopic (exact) mass is 1110 g/mol. The van der Waals surface area contributed by atoms with Crippen molar-refractivity contribution < 1.29 is 64.6 Å². The molecule has 0 spiro atoms. The molecular weight excluding hydrogens is 991 g/mol. The SMILES string of the molecule is CCCC/C=C/CC/C=C/CC/C=C/C(O)C(COC1OC(CO)C(OC2OC(CO)C(O)C(O)C2O)C(O)C1O)NC(=O)CCCCCCCCCCCCCCCCCCCCCCCCCCCCCCCCCC. The molecule has 12 unspecified atom stereocenters. The number of allylic oxidation sites excluding steroid dienone is 5. The molecule has 14 nitrogen and oxygen atoms in total. The van der Waals surface area contributed by atoms with Crippen LogP contribution in [0.4, 0.5) is 0 Å². The largest absolute Gasteiger partial charge is 0.394 e. The van der Waals surface area contributed by atoms with Gasteiger partial charge >= 0.3 is 0 Å². The Bertz CT molecular complexity index is 1450. The zero-order valence-electron chi connectivity index (χ0n) is 49.4. The number of amides is 1. The maximum atomic E-state index is 13.2. The normalized spacial score (nSPS) is 24.7. The first-order valence-electron chi connectivity index (χ1n) is 32.2. The van der Waals surface area contributed by atoms with Gasteiger partial charge in [-0.25, -0.2) is 0 Å². The van der Waals surface area contributed by atoms with E-state index in [1.165, 1.54) is 193 Å². The second-order valence-corrected chi connectivity index (χ2v) is 22.9. The molecule has 2 aliphatic heterocycles.